The Morgan fingerprint density at radius 1 is 0.857 bits per heavy atom. The number of nitrogens with one attached hydrogen (secondary N) is 1. The molecule has 1 N–H and O–H groups in total. The number of carbonyl (C=O) groups is 1. The lowest BCUT2D eigenvalue weighted by Crippen LogP contribution is -2.29. The van der Waals surface area contributed by atoms with Gasteiger partial charge in [0.05, 0.1) is 13.2 Å². The summed E-state index contributed by atoms with van der Waals surface area (Å²) in [6.45, 7) is 5.19. The summed E-state index contributed by atoms with van der Waals surface area (Å²) < 4.78 is 11.3. The molecule has 0 bridgehead atoms. The Morgan fingerprint density at radius 2 is 1.57 bits per heavy atom. The molecule has 28 heavy (non-hydrogen) atoms. The molecular weight excluding hydrogens is 352 g/mol. The smallest absolute Gasteiger partial charge is 0.251 e. The van der Waals surface area contributed by atoms with Crippen molar-refractivity contribution in [2.75, 3.05) is 26.3 Å². The van der Waals surface area contributed by atoms with Crippen LogP contribution in [0.2, 0.25) is 0 Å². The van der Waals surface area contributed by atoms with Gasteiger partial charge in [-0.2, -0.15) is 0 Å². The standard InChI is InChI=1S/C23H28N2O3/c26-23(20-9-10-21-22(15-20)28-14-4-13-27-21)24-16-18-5-7-19(8-6-18)17-25-11-2-1-3-12-25/h5-10,15H,1-4,11-14,16-17H2,(H,24,26). The number of rotatable bonds is 5. The molecule has 0 spiro atoms. The molecule has 0 saturated carbocycles. The molecule has 5 nitrogen and oxygen atoms in total. The third-order valence-electron chi connectivity index (χ3n) is 5.34. The first-order valence-corrected chi connectivity index (χ1v) is 10.3. The second-order valence-corrected chi connectivity index (χ2v) is 7.55. The molecule has 0 unspecified atom stereocenters. The van der Waals surface area contributed by atoms with Crippen molar-refractivity contribution in [3.8, 4) is 11.5 Å². The van der Waals surface area contributed by atoms with E-state index in [2.05, 4.69) is 34.5 Å². The van der Waals surface area contributed by atoms with E-state index in [0.717, 1.165) is 18.5 Å². The summed E-state index contributed by atoms with van der Waals surface area (Å²) in [6.07, 6.45) is 4.83. The number of hydrogen-bond donors (Lipinski definition) is 1. The molecular formula is C23H28N2O3. The lowest BCUT2D eigenvalue weighted by atomic mass is 10.1. The third-order valence-corrected chi connectivity index (χ3v) is 5.34. The van der Waals surface area contributed by atoms with E-state index >= 15 is 0 Å². The summed E-state index contributed by atoms with van der Waals surface area (Å²) >= 11 is 0. The molecule has 1 saturated heterocycles. The van der Waals surface area contributed by atoms with Gasteiger partial charge >= 0.3 is 0 Å². The van der Waals surface area contributed by atoms with E-state index in [1.807, 2.05) is 6.07 Å². The zero-order valence-electron chi connectivity index (χ0n) is 16.3. The van der Waals surface area contributed by atoms with Gasteiger partial charge in [-0.05, 0) is 55.3 Å². The predicted molar refractivity (Wildman–Crippen MR) is 109 cm³/mol. The maximum Gasteiger partial charge on any atom is 0.251 e. The quantitative estimate of drug-likeness (QED) is 0.858. The first-order chi connectivity index (χ1) is 13.8. The van der Waals surface area contributed by atoms with Crippen LogP contribution in [0.3, 0.4) is 0 Å². The summed E-state index contributed by atoms with van der Waals surface area (Å²) in [5.41, 5.74) is 3.02. The van der Waals surface area contributed by atoms with Crippen molar-refractivity contribution < 1.29 is 14.3 Å². The minimum Gasteiger partial charge on any atom is -0.490 e. The van der Waals surface area contributed by atoms with Gasteiger partial charge in [0.25, 0.3) is 5.91 Å². The van der Waals surface area contributed by atoms with E-state index in [0.29, 0.717) is 36.8 Å². The summed E-state index contributed by atoms with van der Waals surface area (Å²) in [5, 5.41) is 2.99. The van der Waals surface area contributed by atoms with Gasteiger partial charge in [0.2, 0.25) is 0 Å². The van der Waals surface area contributed by atoms with Gasteiger partial charge in [-0.3, -0.25) is 9.69 Å². The van der Waals surface area contributed by atoms with E-state index in [-0.39, 0.29) is 5.91 Å². The number of likely N-dealkylation sites (tertiary alicyclic amines) is 1. The number of piperidine rings is 1. The minimum absolute atomic E-state index is 0.104. The van der Waals surface area contributed by atoms with Crippen LogP contribution in [0.25, 0.3) is 0 Å². The number of fused-ring (bicyclic) bond motifs is 1. The largest absolute Gasteiger partial charge is 0.490 e. The Balaban J connectivity index is 1.31. The first-order valence-electron chi connectivity index (χ1n) is 10.3. The van der Waals surface area contributed by atoms with Crippen LogP contribution in [0.1, 0.15) is 47.2 Å². The fourth-order valence-corrected chi connectivity index (χ4v) is 3.73. The molecule has 5 heteroatoms. The van der Waals surface area contributed by atoms with Gasteiger partial charge in [-0.15, -0.1) is 0 Å². The van der Waals surface area contributed by atoms with Crippen molar-refractivity contribution in [2.45, 2.75) is 38.8 Å². The molecule has 0 aliphatic carbocycles. The number of amides is 1. The SMILES string of the molecule is O=C(NCc1ccc(CN2CCCCC2)cc1)c1ccc2c(c1)OCCCO2. The van der Waals surface area contributed by atoms with Crippen LogP contribution in [0.15, 0.2) is 42.5 Å². The van der Waals surface area contributed by atoms with Gasteiger partial charge < -0.3 is 14.8 Å². The molecule has 0 aromatic heterocycles. The summed E-state index contributed by atoms with van der Waals surface area (Å²) in [7, 11) is 0. The normalized spacial score (nSPS) is 17.0. The highest BCUT2D eigenvalue weighted by atomic mass is 16.5. The second-order valence-electron chi connectivity index (χ2n) is 7.55. The van der Waals surface area contributed by atoms with E-state index in [1.54, 1.807) is 12.1 Å². The van der Waals surface area contributed by atoms with E-state index in [9.17, 15) is 4.79 Å². The number of nitrogens with zero attached hydrogens (tertiary/aromatic N) is 1. The van der Waals surface area contributed by atoms with E-state index in [4.69, 9.17) is 9.47 Å². The highest BCUT2D eigenvalue weighted by Gasteiger charge is 2.14. The van der Waals surface area contributed by atoms with Crippen LogP contribution in [0, 0.1) is 0 Å². The highest BCUT2D eigenvalue weighted by molar-refractivity contribution is 5.94. The Bertz CT molecular complexity index is 798. The van der Waals surface area contributed by atoms with Gasteiger partial charge in [0.1, 0.15) is 0 Å². The lowest BCUT2D eigenvalue weighted by Gasteiger charge is -2.26. The Morgan fingerprint density at radius 3 is 2.36 bits per heavy atom. The van der Waals surface area contributed by atoms with Gasteiger partial charge in [0.15, 0.2) is 11.5 Å². The Hall–Kier alpha value is -2.53. The van der Waals surface area contributed by atoms with Crippen molar-refractivity contribution in [2.24, 2.45) is 0 Å². The minimum atomic E-state index is -0.104. The summed E-state index contributed by atoms with van der Waals surface area (Å²) in [5.74, 6) is 1.25. The van der Waals surface area contributed by atoms with Crippen LogP contribution in [0.4, 0.5) is 0 Å². The first kappa shape index (κ1) is 18.8. The fourth-order valence-electron chi connectivity index (χ4n) is 3.73. The van der Waals surface area contributed by atoms with Crippen LogP contribution in [-0.2, 0) is 13.1 Å². The van der Waals surface area contributed by atoms with Crippen molar-refractivity contribution >= 4 is 5.91 Å². The highest BCUT2D eigenvalue weighted by Crippen LogP contribution is 2.30. The average Bonchev–Trinajstić information content (AvgIpc) is 2.98. The van der Waals surface area contributed by atoms with Crippen LogP contribution >= 0.6 is 0 Å². The number of hydrogen-bond acceptors (Lipinski definition) is 4. The van der Waals surface area contributed by atoms with Crippen molar-refractivity contribution in [3.05, 3.63) is 59.2 Å². The topological polar surface area (TPSA) is 50.8 Å². The molecule has 1 fully saturated rings. The fraction of sp³-hybridized carbons (Fsp3) is 0.435. The average molecular weight is 380 g/mol. The number of benzene rings is 2. The maximum atomic E-state index is 12.5. The molecule has 0 atom stereocenters. The summed E-state index contributed by atoms with van der Waals surface area (Å²) in [6, 6.07) is 13.9. The monoisotopic (exact) mass is 380 g/mol. The maximum absolute atomic E-state index is 12.5. The molecule has 148 valence electrons. The molecule has 0 radical (unpaired) electrons. The second kappa shape index (κ2) is 9.11. The predicted octanol–water partition coefficient (Wildman–Crippen LogP) is 3.76. The number of carbonyl (C=O) groups excluding carboxylic acids is 1. The van der Waals surface area contributed by atoms with Gasteiger partial charge in [0, 0.05) is 25.1 Å². The zero-order chi connectivity index (χ0) is 19.2. The summed E-state index contributed by atoms with van der Waals surface area (Å²) in [4.78, 5) is 15.0. The van der Waals surface area contributed by atoms with Crippen molar-refractivity contribution in [1.82, 2.24) is 10.2 Å². The van der Waals surface area contributed by atoms with E-state index < -0.39 is 0 Å². The van der Waals surface area contributed by atoms with Gasteiger partial charge in [-0.25, -0.2) is 0 Å². The Kier molecular flexibility index (Phi) is 6.12. The zero-order valence-corrected chi connectivity index (χ0v) is 16.3. The van der Waals surface area contributed by atoms with Crippen molar-refractivity contribution in [1.29, 1.82) is 0 Å². The van der Waals surface area contributed by atoms with Crippen molar-refractivity contribution in [3.63, 3.8) is 0 Å². The molecule has 2 heterocycles. The molecule has 2 aliphatic heterocycles. The third kappa shape index (κ3) is 4.84. The molecule has 2 aromatic rings. The Labute approximate surface area is 166 Å². The van der Waals surface area contributed by atoms with Crippen LogP contribution < -0.4 is 14.8 Å². The molecule has 1 amide bonds. The molecule has 2 aromatic carbocycles. The lowest BCUT2D eigenvalue weighted by molar-refractivity contribution is 0.0950. The van der Waals surface area contributed by atoms with Gasteiger partial charge in [-0.1, -0.05) is 30.7 Å². The number of ether oxygens (including phenoxy) is 2. The van der Waals surface area contributed by atoms with E-state index in [1.165, 1.54) is 37.9 Å². The molecule has 4 rings (SSSR count). The molecule has 2 aliphatic rings. The van der Waals surface area contributed by atoms with Crippen LogP contribution in [-0.4, -0.2) is 37.1 Å². The van der Waals surface area contributed by atoms with Crippen LogP contribution in [0.5, 0.6) is 11.5 Å².